The van der Waals surface area contributed by atoms with Gasteiger partial charge in [-0.15, -0.1) is 0 Å². The highest BCUT2D eigenvalue weighted by Gasteiger charge is 2.26. The predicted octanol–water partition coefficient (Wildman–Crippen LogP) is 5.65. The lowest BCUT2D eigenvalue weighted by Crippen LogP contribution is -2.18. The maximum atomic E-state index is 12.7. The number of hydrogen-bond acceptors (Lipinski definition) is 6. The molecule has 0 spiro atoms. The van der Waals surface area contributed by atoms with Crippen LogP contribution in [0.3, 0.4) is 0 Å². The van der Waals surface area contributed by atoms with E-state index < -0.39 is 0 Å². The van der Waals surface area contributed by atoms with Gasteiger partial charge in [-0.25, -0.2) is 0 Å². The first-order valence-corrected chi connectivity index (χ1v) is 10.9. The number of ketones is 1. The van der Waals surface area contributed by atoms with Gasteiger partial charge in [-0.05, 0) is 49.5 Å². The number of aromatic hydroxyl groups is 2. The lowest BCUT2D eigenvalue weighted by atomic mass is 9.95. The minimum absolute atomic E-state index is 0.0672. The Bertz CT molecular complexity index is 1090. The summed E-state index contributed by atoms with van der Waals surface area (Å²) in [6.07, 6.45) is 3.51. The van der Waals surface area contributed by atoms with E-state index in [1.165, 1.54) is 24.5 Å². The Morgan fingerprint density at radius 2 is 1.84 bits per heavy atom. The molecular weight excluding hydrogens is 416 g/mol. The molecule has 0 bridgehead atoms. The fourth-order valence-corrected chi connectivity index (χ4v) is 4.15. The van der Waals surface area contributed by atoms with Crippen molar-refractivity contribution in [1.82, 2.24) is 10.1 Å². The summed E-state index contributed by atoms with van der Waals surface area (Å²) in [4.78, 5) is 15.2. The van der Waals surface area contributed by atoms with Crippen LogP contribution in [0.2, 0.25) is 5.02 Å². The van der Waals surface area contributed by atoms with Gasteiger partial charge < -0.3 is 14.7 Å². The summed E-state index contributed by atoms with van der Waals surface area (Å²) in [5.41, 5.74) is 2.98. The molecule has 1 aliphatic rings. The summed E-state index contributed by atoms with van der Waals surface area (Å²) >= 11 is 6.06. The number of benzene rings is 2. The number of likely N-dealkylation sites (tertiary alicyclic amines) is 1. The number of carbonyl (C=O) groups is 1. The molecule has 6 nitrogen and oxygen atoms in total. The van der Waals surface area contributed by atoms with Crippen molar-refractivity contribution in [2.75, 3.05) is 13.1 Å². The largest absolute Gasteiger partial charge is 0.507 e. The highest BCUT2D eigenvalue weighted by atomic mass is 35.5. The van der Waals surface area contributed by atoms with E-state index in [0.717, 1.165) is 31.3 Å². The lowest BCUT2D eigenvalue weighted by molar-refractivity contribution is 0.0973. The molecule has 31 heavy (non-hydrogen) atoms. The van der Waals surface area contributed by atoms with Crippen LogP contribution in [0.15, 0.2) is 40.9 Å². The van der Waals surface area contributed by atoms with E-state index in [1.807, 2.05) is 31.2 Å². The molecule has 2 aromatic carbocycles. The Labute approximate surface area is 186 Å². The van der Waals surface area contributed by atoms with E-state index in [4.69, 9.17) is 16.1 Å². The van der Waals surface area contributed by atoms with Gasteiger partial charge in [0.2, 0.25) is 0 Å². The smallest absolute Gasteiger partial charge is 0.185 e. The molecule has 1 saturated heterocycles. The van der Waals surface area contributed by atoms with Crippen LogP contribution in [-0.4, -0.2) is 39.1 Å². The third-order valence-corrected chi connectivity index (χ3v) is 5.89. The fourth-order valence-electron chi connectivity index (χ4n) is 3.99. The van der Waals surface area contributed by atoms with Crippen molar-refractivity contribution in [2.45, 2.75) is 39.2 Å². The minimum Gasteiger partial charge on any atom is -0.507 e. The van der Waals surface area contributed by atoms with Crippen molar-refractivity contribution in [3.05, 3.63) is 52.7 Å². The maximum absolute atomic E-state index is 12.7. The average molecular weight is 441 g/mol. The molecule has 1 fully saturated rings. The van der Waals surface area contributed by atoms with Crippen LogP contribution in [0, 0.1) is 0 Å². The van der Waals surface area contributed by atoms with Gasteiger partial charge >= 0.3 is 0 Å². The molecule has 2 heterocycles. The normalized spacial score (nSPS) is 14.3. The van der Waals surface area contributed by atoms with Crippen molar-refractivity contribution in [3.63, 3.8) is 0 Å². The van der Waals surface area contributed by atoms with E-state index in [9.17, 15) is 15.0 Å². The van der Waals surface area contributed by atoms with Crippen LogP contribution in [0.25, 0.3) is 22.5 Å². The van der Waals surface area contributed by atoms with E-state index in [0.29, 0.717) is 18.4 Å². The summed E-state index contributed by atoms with van der Waals surface area (Å²) in [6.45, 7) is 5.06. The molecule has 1 aromatic heterocycles. The second-order valence-electron chi connectivity index (χ2n) is 7.91. The number of phenolic OH excluding ortho intramolecular Hbond substituents is 2. The van der Waals surface area contributed by atoms with Crippen molar-refractivity contribution in [3.8, 4) is 33.9 Å². The number of carbonyl (C=O) groups excluding carboxylic acids is 1. The second kappa shape index (κ2) is 9.12. The first kappa shape index (κ1) is 21.4. The first-order chi connectivity index (χ1) is 15.0. The molecule has 3 aromatic rings. The number of nitrogens with zero attached hydrogens (tertiary/aromatic N) is 2. The van der Waals surface area contributed by atoms with E-state index in [1.54, 1.807) is 0 Å². The van der Waals surface area contributed by atoms with Gasteiger partial charge in [0, 0.05) is 19.0 Å². The SMILES string of the molecule is CCCC(=O)c1noc(-c2cc(Cl)c(O)cc2O)c1-c1ccc(CN2CCCC2)cc1. The van der Waals surface area contributed by atoms with Gasteiger partial charge in [0.1, 0.15) is 11.5 Å². The third kappa shape index (κ3) is 4.45. The van der Waals surface area contributed by atoms with Gasteiger partial charge in [0.15, 0.2) is 17.2 Å². The molecule has 0 unspecified atom stereocenters. The highest BCUT2D eigenvalue weighted by Crippen LogP contribution is 2.43. The Hall–Kier alpha value is -2.83. The lowest BCUT2D eigenvalue weighted by Gasteiger charge is -2.15. The maximum Gasteiger partial charge on any atom is 0.185 e. The molecule has 162 valence electrons. The van der Waals surface area contributed by atoms with E-state index >= 15 is 0 Å². The topological polar surface area (TPSA) is 86.8 Å². The zero-order chi connectivity index (χ0) is 22.0. The van der Waals surface area contributed by atoms with Crippen molar-refractivity contribution in [2.24, 2.45) is 0 Å². The fraction of sp³-hybridized carbons (Fsp3) is 0.333. The summed E-state index contributed by atoms with van der Waals surface area (Å²) < 4.78 is 5.54. The number of halogens is 1. The van der Waals surface area contributed by atoms with Crippen LogP contribution in [-0.2, 0) is 6.54 Å². The standard InChI is InChI=1S/C24H25ClN2O4/c1-2-5-19(28)23-22(16-8-6-15(7-9-16)14-27-10-3-4-11-27)24(31-26-23)17-12-18(25)21(30)13-20(17)29/h6-9,12-13,29-30H,2-5,10-11,14H2,1H3. The zero-order valence-corrected chi connectivity index (χ0v) is 18.2. The van der Waals surface area contributed by atoms with Crippen LogP contribution < -0.4 is 0 Å². The summed E-state index contributed by atoms with van der Waals surface area (Å²) in [5.74, 6) is -0.332. The van der Waals surface area contributed by atoms with Gasteiger partial charge in [0.05, 0.1) is 16.1 Å². The Balaban J connectivity index is 1.77. The molecule has 0 atom stereocenters. The first-order valence-electron chi connectivity index (χ1n) is 10.5. The quantitative estimate of drug-likeness (QED) is 0.461. The molecule has 0 saturated carbocycles. The van der Waals surface area contributed by atoms with Crippen LogP contribution in [0.1, 0.15) is 48.7 Å². The highest BCUT2D eigenvalue weighted by molar-refractivity contribution is 6.32. The number of hydrogen-bond donors (Lipinski definition) is 2. The van der Waals surface area contributed by atoms with E-state index in [-0.39, 0.29) is 39.3 Å². The average Bonchev–Trinajstić information content (AvgIpc) is 3.41. The number of rotatable bonds is 7. The van der Waals surface area contributed by atoms with Gasteiger partial charge in [-0.2, -0.15) is 0 Å². The molecular formula is C24H25ClN2O4. The second-order valence-corrected chi connectivity index (χ2v) is 8.32. The zero-order valence-electron chi connectivity index (χ0n) is 17.4. The molecule has 2 N–H and O–H groups in total. The van der Waals surface area contributed by atoms with Crippen molar-refractivity contribution < 1.29 is 19.5 Å². The summed E-state index contributed by atoms with van der Waals surface area (Å²) in [6, 6.07) is 10.5. The van der Waals surface area contributed by atoms with Crippen LogP contribution in [0.4, 0.5) is 0 Å². The molecule has 7 heteroatoms. The van der Waals surface area contributed by atoms with Crippen LogP contribution >= 0.6 is 11.6 Å². The Kier molecular flexibility index (Phi) is 6.30. The molecule has 0 amide bonds. The minimum atomic E-state index is -0.238. The van der Waals surface area contributed by atoms with Crippen LogP contribution in [0.5, 0.6) is 11.5 Å². The number of Topliss-reactive ketones (excluding diaryl/α,β-unsaturated/α-hetero) is 1. The molecule has 0 radical (unpaired) electrons. The Morgan fingerprint density at radius 1 is 1.13 bits per heavy atom. The summed E-state index contributed by atoms with van der Waals surface area (Å²) in [5, 5.41) is 24.3. The third-order valence-electron chi connectivity index (χ3n) is 5.59. The van der Waals surface area contributed by atoms with Crippen molar-refractivity contribution >= 4 is 17.4 Å². The Morgan fingerprint density at radius 3 is 2.52 bits per heavy atom. The number of aromatic nitrogens is 1. The predicted molar refractivity (Wildman–Crippen MR) is 119 cm³/mol. The van der Waals surface area contributed by atoms with Crippen molar-refractivity contribution in [1.29, 1.82) is 0 Å². The number of phenols is 2. The summed E-state index contributed by atoms with van der Waals surface area (Å²) in [7, 11) is 0. The van der Waals surface area contributed by atoms with Gasteiger partial charge in [-0.3, -0.25) is 9.69 Å². The van der Waals surface area contributed by atoms with Gasteiger partial charge in [-0.1, -0.05) is 47.9 Å². The molecule has 4 rings (SSSR count). The van der Waals surface area contributed by atoms with Gasteiger partial charge in [0.25, 0.3) is 0 Å². The molecule has 0 aliphatic carbocycles. The molecule has 1 aliphatic heterocycles. The van der Waals surface area contributed by atoms with E-state index in [2.05, 4.69) is 10.1 Å². The monoisotopic (exact) mass is 440 g/mol.